The van der Waals surface area contributed by atoms with Crippen LogP contribution in [0, 0.1) is 6.92 Å². The molecule has 1 atom stereocenters. The average Bonchev–Trinajstić information content (AvgIpc) is 2.39. The summed E-state index contributed by atoms with van der Waals surface area (Å²) in [5.41, 5.74) is 8.08. The maximum Gasteiger partial charge on any atom is 0.148 e. The molecule has 17 heavy (non-hydrogen) atoms. The van der Waals surface area contributed by atoms with Crippen LogP contribution in [0.15, 0.2) is 42.5 Å². The molecule has 0 radical (unpaired) electrons. The molecule has 4 heteroatoms. The summed E-state index contributed by atoms with van der Waals surface area (Å²) in [6, 6.07) is 13.8. The Kier molecular flexibility index (Phi) is 3.67. The number of rotatable bonds is 4. The minimum atomic E-state index is -0.0423. The normalized spacial score (nSPS) is 12.1. The number of benzene rings is 1. The minimum Gasteiger partial charge on any atom is -0.367 e. The zero-order valence-electron chi connectivity index (χ0n) is 9.80. The van der Waals surface area contributed by atoms with Gasteiger partial charge in [0.15, 0.2) is 0 Å². The summed E-state index contributed by atoms with van der Waals surface area (Å²) in [5, 5.41) is 11.2. The van der Waals surface area contributed by atoms with Crippen LogP contribution in [0.5, 0.6) is 0 Å². The molecule has 0 aliphatic heterocycles. The van der Waals surface area contributed by atoms with Crippen molar-refractivity contribution in [3.05, 3.63) is 53.7 Å². The summed E-state index contributed by atoms with van der Waals surface area (Å²) in [7, 11) is 0. The molecule has 0 bridgehead atoms. The Balaban J connectivity index is 1.92. The van der Waals surface area contributed by atoms with Crippen molar-refractivity contribution < 1.29 is 0 Å². The van der Waals surface area contributed by atoms with Gasteiger partial charge in [0.25, 0.3) is 0 Å². The maximum atomic E-state index is 6.06. The Bertz CT molecular complexity index is 453. The van der Waals surface area contributed by atoms with Gasteiger partial charge in [-0.15, -0.1) is 5.10 Å². The third-order valence-electron chi connectivity index (χ3n) is 2.53. The van der Waals surface area contributed by atoms with Gasteiger partial charge in [-0.2, -0.15) is 5.10 Å². The molecule has 0 aliphatic carbocycles. The first kappa shape index (κ1) is 11.5. The van der Waals surface area contributed by atoms with Gasteiger partial charge < -0.3 is 11.1 Å². The number of hydrogen-bond donors (Lipinski definition) is 2. The molecular weight excluding hydrogens is 212 g/mol. The lowest BCUT2D eigenvalue weighted by Gasteiger charge is -2.13. The average molecular weight is 228 g/mol. The lowest BCUT2D eigenvalue weighted by atomic mass is 10.1. The van der Waals surface area contributed by atoms with Crippen LogP contribution in [-0.4, -0.2) is 16.7 Å². The fourth-order valence-electron chi connectivity index (χ4n) is 1.53. The summed E-state index contributed by atoms with van der Waals surface area (Å²) in [6.45, 7) is 2.55. The summed E-state index contributed by atoms with van der Waals surface area (Å²) in [6.07, 6.45) is 0. The zero-order chi connectivity index (χ0) is 12.1. The highest BCUT2D eigenvalue weighted by Gasteiger charge is 2.05. The first-order valence-electron chi connectivity index (χ1n) is 5.60. The van der Waals surface area contributed by atoms with Crippen LogP contribution in [-0.2, 0) is 0 Å². The van der Waals surface area contributed by atoms with E-state index in [1.807, 2.05) is 49.4 Å². The number of nitrogens with two attached hydrogens (primary N) is 1. The molecule has 0 spiro atoms. The van der Waals surface area contributed by atoms with Crippen molar-refractivity contribution in [2.24, 2.45) is 5.73 Å². The van der Waals surface area contributed by atoms with E-state index in [1.165, 1.54) is 0 Å². The summed E-state index contributed by atoms with van der Waals surface area (Å²) < 4.78 is 0. The van der Waals surface area contributed by atoms with Gasteiger partial charge in [-0.3, -0.25) is 0 Å². The van der Waals surface area contributed by atoms with E-state index in [0.29, 0.717) is 6.54 Å². The van der Waals surface area contributed by atoms with Gasteiger partial charge in [0.2, 0.25) is 0 Å². The van der Waals surface area contributed by atoms with Crippen molar-refractivity contribution in [2.45, 2.75) is 13.0 Å². The molecule has 0 fully saturated rings. The van der Waals surface area contributed by atoms with E-state index in [-0.39, 0.29) is 6.04 Å². The SMILES string of the molecule is Cc1ccc(NCC(N)c2ccccc2)nn1. The minimum absolute atomic E-state index is 0.0423. The van der Waals surface area contributed by atoms with Crippen molar-refractivity contribution in [2.75, 3.05) is 11.9 Å². The van der Waals surface area contributed by atoms with E-state index in [9.17, 15) is 0 Å². The van der Waals surface area contributed by atoms with E-state index in [1.54, 1.807) is 0 Å². The van der Waals surface area contributed by atoms with Gasteiger partial charge in [0, 0.05) is 12.6 Å². The highest BCUT2D eigenvalue weighted by atomic mass is 15.2. The van der Waals surface area contributed by atoms with E-state index < -0.39 is 0 Å². The van der Waals surface area contributed by atoms with Crippen molar-refractivity contribution in [3.63, 3.8) is 0 Å². The number of anilines is 1. The second kappa shape index (κ2) is 5.41. The third-order valence-corrected chi connectivity index (χ3v) is 2.53. The molecule has 1 heterocycles. The Morgan fingerprint density at radius 1 is 1.12 bits per heavy atom. The molecule has 0 aliphatic rings. The van der Waals surface area contributed by atoms with Crippen molar-refractivity contribution in [3.8, 4) is 0 Å². The van der Waals surface area contributed by atoms with Gasteiger partial charge >= 0.3 is 0 Å². The molecule has 88 valence electrons. The standard InChI is InChI=1S/C13H16N4/c1-10-7-8-13(17-16-10)15-9-12(14)11-5-3-2-4-6-11/h2-8,12H,9,14H2,1H3,(H,15,17). The second-order valence-electron chi connectivity index (χ2n) is 3.96. The van der Waals surface area contributed by atoms with Crippen molar-refractivity contribution in [1.29, 1.82) is 0 Å². The van der Waals surface area contributed by atoms with Crippen LogP contribution in [0.4, 0.5) is 5.82 Å². The van der Waals surface area contributed by atoms with Crippen molar-refractivity contribution >= 4 is 5.82 Å². The second-order valence-corrected chi connectivity index (χ2v) is 3.96. The van der Waals surface area contributed by atoms with Gasteiger partial charge in [-0.05, 0) is 24.6 Å². The topological polar surface area (TPSA) is 63.8 Å². The molecule has 3 N–H and O–H groups in total. The molecule has 4 nitrogen and oxygen atoms in total. The van der Waals surface area contributed by atoms with Crippen LogP contribution in [0.25, 0.3) is 0 Å². The van der Waals surface area contributed by atoms with Crippen LogP contribution in [0.3, 0.4) is 0 Å². The zero-order valence-corrected chi connectivity index (χ0v) is 9.80. The molecule has 0 saturated heterocycles. The van der Waals surface area contributed by atoms with Gasteiger partial charge in [0.05, 0.1) is 5.69 Å². The van der Waals surface area contributed by atoms with Gasteiger partial charge in [-0.1, -0.05) is 30.3 Å². The van der Waals surface area contributed by atoms with Crippen molar-refractivity contribution in [1.82, 2.24) is 10.2 Å². The van der Waals surface area contributed by atoms with E-state index >= 15 is 0 Å². The van der Waals surface area contributed by atoms with Crippen LogP contribution >= 0.6 is 0 Å². The summed E-state index contributed by atoms with van der Waals surface area (Å²) in [5.74, 6) is 0.752. The smallest absolute Gasteiger partial charge is 0.148 e. The Morgan fingerprint density at radius 2 is 1.88 bits per heavy atom. The molecule has 2 rings (SSSR count). The van der Waals surface area contributed by atoms with Gasteiger partial charge in [-0.25, -0.2) is 0 Å². The van der Waals surface area contributed by atoms with Crippen LogP contribution in [0.1, 0.15) is 17.3 Å². The first-order chi connectivity index (χ1) is 8.25. The largest absolute Gasteiger partial charge is 0.367 e. The van der Waals surface area contributed by atoms with Crippen LogP contribution in [0.2, 0.25) is 0 Å². The van der Waals surface area contributed by atoms with Gasteiger partial charge in [0.1, 0.15) is 5.82 Å². The number of nitrogens with zero attached hydrogens (tertiary/aromatic N) is 2. The molecule has 2 aromatic rings. The fraction of sp³-hybridized carbons (Fsp3) is 0.231. The maximum absolute atomic E-state index is 6.06. The Morgan fingerprint density at radius 3 is 2.53 bits per heavy atom. The number of aryl methyl sites for hydroxylation is 1. The monoisotopic (exact) mass is 228 g/mol. The molecule has 0 amide bonds. The predicted octanol–water partition coefficient (Wildman–Crippen LogP) is 1.90. The predicted molar refractivity (Wildman–Crippen MR) is 68.6 cm³/mol. The Labute approximate surface area is 101 Å². The third kappa shape index (κ3) is 3.26. The van der Waals surface area contributed by atoms with Crippen LogP contribution < -0.4 is 11.1 Å². The number of aromatic nitrogens is 2. The van der Waals surface area contributed by atoms with E-state index in [0.717, 1.165) is 17.1 Å². The quantitative estimate of drug-likeness (QED) is 0.839. The highest BCUT2D eigenvalue weighted by Crippen LogP contribution is 2.10. The highest BCUT2D eigenvalue weighted by molar-refractivity contribution is 5.33. The first-order valence-corrected chi connectivity index (χ1v) is 5.60. The number of hydrogen-bond acceptors (Lipinski definition) is 4. The number of nitrogens with one attached hydrogen (secondary N) is 1. The summed E-state index contributed by atoms with van der Waals surface area (Å²) >= 11 is 0. The molecular formula is C13H16N4. The van der Waals surface area contributed by atoms with E-state index in [4.69, 9.17) is 5.73 Å². The lowest BCUT2D eigenvalue weighted by molar-refractivity contribution is 0.759. The molecule has 0 saturated carbocycles. The molecule has 1 aromatic heterocycles. The molecule has 1 aromatic carbocycles. The van der Waals surface area contributed by atoms with E-state index in [2.05, 4.69) is 15.5 Å². The fourth-order valence-corrected chi connectivity index (χ4v) is 1.53. The lowest BCUT2D eigenvalue weighted by Crippen LogP contribution is -2.21. The Hall–Kier alpha value is -1.94. The summed E-state index contributed by atoms with van der Waals surface area (Å²) in [4.78, 5) is 0. The molecule has 1 unspecified atom stereocenters.